The number of anilines is 1. The van der Waals surface area contributed by atoms with Gasteiger partial charge in [0.15, 0.2) is 0 Å². The van der Waals surface area contributed by atoms with Gasteiger partial charge in [-0.05, 0) is 85.9 Å². The number of rotatable bonds is 10. The first-order chi connectivity index (χ1) is 27.5. The summed E-state index contributed by atoms with van der Waals surface area (Å²) in [4.78, 5) is 54.7. The highest BCUT2D eigenvalue weighted by Gasteiger charge is 2.45. The Bertz CT molecular complexity index is 2520. The summed E-state index contributed by atoms with van der Waals surface area (Å²) in [6, 6.07) is 33.3. The molecule has 4 aromatic carbocycles. The van der Waals surface area contributed by atoms with Crippen molar-refractivity contribution in [1.29, 1.82) is 0 Å². The SMILES string of the molecule is CCC1(C(=O)N(F)c2ccccc2)CCc2c(c3ccccc3n2CC(=O)OC(=O)Cn2c3c(c4ccccc42)CC(C)(C(=O)N(Cl)Cc2ccccc2)CC3)C1. The molecule has 2 heterocycles. The van der Waals surface area contributed by atoms with E-state index in [1.165, 1.54) is 4.42 Å². The topological polar surface area (TPSA) is 93.9 Å². The molecule has 2 aromatic heterocycles. The zero-order valence-electron chi connectivity index (χ0n) is 32.0. The quantitative estimate of drug-likeness (QED) is 0.0786. The molecule has 0 bridgehead atoms. The Morgan fingerprint density at radius 3 is 1.79 bits per heavy atom. The lowest BCUT2D eigenvalue weighted by molar-refractivity contribution is -0.160. The number of carbonyl (C=O) groups is 4. The molecule has 2 unspecified atom stereocenters. The molecule has 2 amide bonds. The van der Waals surface area contributed by atoms with Crippen LogP contribution in [0, 0.1) is 10.8 Å². The fourth-order valence-electron chi connectivity index (χ4n) is 9.10. The number of aromatic nitrogens is 2. The van der Waals surface area contributed by atoms with E-state index in [1.54, 1.807) is 30.3 Å². The lowest BCUT2D eigenvalue weighted by atomic mass is 9.70. The minimum Gasteiger partial charge on any atom is -0.390 e. The van der Waals surface area contributed by atoms with Crippen molar-refractivity contribution in [2.75, 3.05) is 5.12 Å². The molecular weight excluding hydrogens is 743 g/mol. The van der Waals surface area contributed by atoms with Gasteiger partial charge in [-0.2, -0.15) is 0 Å². The number of para-hydroxylation sites is 3. The second kappa shape index (κ2) is 15.3. The Labute approximate surface area is 335 Å². The Balaban J connectivity index is 0.995. The van der Waals surface area contributed by atoms with Crippen LogP contribution in [0.15, 0.2) is 109 Å². The van der Waals surface area contributed by atoms with Crippen molar-refractivity contribution in [3.8, 4) is 0 Å². The highest BCUT2D eigenvalue weighted by atomic mass is 35.5. The average Bonchev–Trinajstić information content (AvgIpc) is 3.70. The number of ether oxygens (including phenoxy) is 1. The van der Waals surface area contributed by atoms with Gasteiger partial charge in [-0.1, -0.05) is 103 Å². The van der Waals surface area contributed by atoms with Gasteiger partial charge in [0.05, 0.1) is 23.1 Å². The van der Waals surface area contributed by atoms with Gasteiger partial charge in [0.25, 0.3) is 5.91 Å². The van der Waals surface area contributed by atoms with Gasteiger partial charge in [-0.3, -0.25) is 9.59 Å². The van der Waals surface area contributed by atoms with Crippen LogP contribution in [0.1, 0.15) is 61.2 Å². The number of benzene rings is 4. The third-order valence-electron chi connectivity index (χ3n) is 12.2. The van der Waals surface area contributed by atoms with E-state index in [1.807, 2.05) is 102 Å². The molecule has 11 heteroatoms. The second-order valence-corrected chi connectivity index (χ2v) is 16.1. The minimum absolute atomic E-state index is 0.149. The fraction of sp³-hybridized carbons (Fsp3) is 0.304. The molecule has 0 N–H and O–H groups in total. The third-order valence-corrected chi connectivity index (χ3v) is 12.5. The molecule has 0 aliphatic heterocycles. The summed E-state index contributed by atoms with van der Waals surface area (Å²) in [6.45, 7) is 3.78. The van der Waals surface area contributed by atoms with Crippen LogP contribution in [0.5, 0.6) is 0 Å². The monoisotopic (exact) mass is 786 g/mol. The summed E-state index contributed by atoms with van der Waals surface area (Å²) >= 11 is 6.60. The predicted molar refractivity (Wildman–Crippen MR) is 218 cm³/mol. The van der Waals surface area contributed by atoms with Crippen LogP contribution in [0.4, 0.5) is 10.2 Å². The van der Waals surface area contributed by atoms with E-state index < -0.39 is 28.7 Å². The number of halogens is 2. The summed E-state index contributed by atoms with van der Waals surface area (Å²) in [6.07, 6.45) is 3.14. The van der Waals surface area contributed by atoms with Gasteiger partial charge in [-0.25, -0.2) is 14.0 Å². The van der Waals surface area contributed by atoms with E-state index in [4.69, 9.17) is 16.5 Å². The smallest absolute Gasteiger partial charge is 0.333 e. The molecule has 0 fully saturated rings. The van der Waals surface area contributed by atoms with Crippen LogP contribution < -0.4 is 5.12 Å². The maximum Gasteiger partial charge on any atom is 0.333 e. The minimum atomic E-state index is -0.960. The zero-order valence-corrected chi connectivity index (χ0v) is 32.8. The molecule has 6 aromatic rings. The van der Waals surface area contributed by atoms with Crippen LogP contribution in [0.2, 0.25) is 0 Å². The highest BCUT2D eigenvalue weighted by molar-refractivity contribution is 6.22. The summed E-state index contributed by atoms with van der Waals surface area (Å²) in [5.41, 5.74) is 4.75. The molecule has 8 rings (SSSR count). The van der Waals surface area contributed by atoms with Gasteiger partial charge in [0.1, 0.15) is 13.1 Å². The lowest BCUT2D eigenvalue weighted by Gasteiger charge is -2.36. The highest BCUT2D eigenvalue weighted by Crippen LogP contribution is 2.45. The zero-order chi connectivity index (χ0) is 39.9. The maximum atomic E-state index is 15.6. The van der Waals surface area contributed by atoms with E-state index >= 15 is 4.48 Å². The second-order valence-electron chi connectivity index (χ2n) is 15.7. The Kier molecular flexibility index (Phi) is 10.2. The van der Waals surface area contributed by atoms with Crippen LogP contribution in [0.3, 0.4) is 0 Å². The third kappa shape index (κ3) is 7.01. The van der Waals surface area contributed by atoms with Gasteiger partial charge in [0, 0.05) is 45.0 Å². The molecule has 57 heavy (non-hydrogen) atoms. The molecule has 0 saturated heterocycles. The largest absolute Gasteiger partial charge is 0.390 e. The van der Waals surface area contributed by atoms with Gasteiger partial charge >= 0.3 is 11.9 Å². The first-order valence-electron chi connectivity index (χ1n) is 19.5. The van der Waals surface area contributed by atoms with Crippen LogP contribution in [-0.4, -0.2) is 37.3 Å². The molecule has 2 atom stereocenters. The normalized spacial score (nSPS) is 18.8. The van der Waals surface area contributed by atoms with Gasteiger partial charge in [-0.15, -0.1) is 5.12 Å². The van der Waals surface area contributed by atoms with Crippen molar-refractivity contribution in [1.82, 2.24) is 13.6 Å². The van der Waals surface area contributed by atoms with Crippen molar-refractivity contribution in [3.05, 3.63) is 137 Å². The number of fused-ring (bicyclic) bond motifs is 6. The van der Waals surface area contributed by atoms with E-state index in [2.05, 4.69) is 0 Å². The van der Waals surface area contributed by atoms with Crippen molar-refractivity contribution >= 4 is 63.0 Å². The summed E-state index contributed by atoms with van der Waals surface area (Å²) in [5, 5.41) is 2.09. The summed E-state index contributed by atoms with van der Waals surface area (Å²) in [5.74, 6) is -2.12. The fourth-order valence-corrected chi connectivity index (χ4v) is 9.44. The van der Waals surface area contributed by atoms with Crippen molar-refractivity contribution in [2.24, 2.45) is 10.8 Å². The average molecular weight is 787 g/mol. The summed E-state index contributed by atoms with van der Waals surface area (Å²) in [7, 11) is 0. The first kappa shape index (κ1) is 38.1. The van der Waals surface area contributed by atoms with Crippen molar-refractivity contribution in [2.45, 2.75) is 78.4 Å². The summed E-state index contributed by atoms with van der Waals surface area (Å²) < 4.78 is 26.1. The number of hydrogen-bond donors (Lipinski definition) is 0. The van der Waals surface area contributed by atoms with E-state index in [9.17, 15) is 19.2 Å². The standard InChI is InChI=1S/C46H44ClFN4O5/c1-3-46(44(56)52(48)32-16-8-5-9-17-32)25-23-40-36(27-46)34-19-11-13-21-38(34)50(40)30-42(54)57-41(53)29-49-37-20-12-10-18-33(37)35-26-45(2,24-22-39(35)49)43(55)51(47)28-31-14-6-4-7-15-31/h4-21H,3,22-30H2,1-2H3. The van der Waals surface area contributed by atoms with E-state index in [-0.39, 0.29) is 29.8 Å². The molecule has 292 valence electrons. The Morgan fingerprint density at radius 1 is 0.702 bits per heavy atom. The van der Waals surface area contributed by atoms with E-state index in [0.717, 1.165) is 49.9 Å². The first-order valence-corrected chi connectivity index (χ1v) is 19.8. The molecule has 0 spiro atoms. The number of nitrogens with zero attached hydrogens (tertiary/aromatic N) is 4. The van der Waals surface area contributed by atoms with Crippen LogP contribution >= 0.6 is 11.8 Å². The number of hydrogen-bond acceptors (Lipinski definition) is 5. The molecule has 2 aliphatic carbocycles. The van der Waals surface area contributed by atoms with Crippen LogP contribution in [0.25, 0.3) is 21.8 Å². The Morgan fingerprint density at radius 2 is 1.21 bits per heavy atom. The molecule has 0 radical (unpaired) electrons. The van der Waals surface area contributed by atoms with Crippen LogP contribution in [-0.2, 0) is 69.2 Å². The lowest BCUT2D eigenvalue weighted by Crippen LogP contribution is -2.44. The Hall–Kier alpha value is -5.74. The van der Waals surface area contributed by atoms with Crippen molar-refractivity contribution < 1.29 is 28.4 Å². The molecule has 9 nitrogen and oxygen atoms in total. The number of esters is 2. The van der Waals surface area contributed by atoms with Gasteiger partial charge < -0.3 is 13.9 Å². The van der Waals surface area contributed by atoms with Crippen molar-refractivity contribution in [3.63, 3.8) is 0 Å². The molecule has 2 aliphatic rings. The predicted octanol–water partition coefficient (Wildman–Crippen LogP) is 8.85. The molecular formula is C46H44ClFN4O5. The number of carbonyl (C=O) groups excluding carboxylic acids is 4. The molecule has 0 saturated carbocycles. The maximum absolute atomic E-state index is 15.6. The number of amides is 2. The van der Waals surface area contributed by atoms with Gasteiger partial charge in [0.2, 0.25) is 5.91 Å². The van der Waals surface area contributed by atoms with E-state index in [0.29, 0.717) is 51.5 Å².